The molecule has 1 aromatic rings. The Morgan fingerprint density at radius 3 is 2.89 bits per heavy atom. The maximum atomic E-state index is 14.0. The second-order valence-corrected chi connectivity index (χ2v) is 4.28. The lowest BCUT2D eigenvalue weighted by atomic mass is 10.1. The van der Waals surface area contributed by atoms with Gasteiger partial charge in [-0.05, 0) is 6.07 Å². The Balaban J connectivity index is 2.49. The molecule has 0 amide bonds. The second-order valence-electron chi connectivity index (χ2n) is 3.90. The minimum Gasteiger partial charge on any atom is -0.489 e. The third-order valence-corrected chi connectivity index (χ3v) is 3.01. The van der Waals surface area contributed by atoms with Gasteiger partial charge < -0.3 is 19.3 Å². The Kier molecular flexibility index (Phi) is 4.11. The minimum atomic E-state index is -1.76. The third-order valence-electron chi connectivity index (χ3n) is 2.67. The summed E-state index contributed by atoms with van der Waals surface area (Å²) in [6.07, 6.45) is -1.14. The number of hydrogen-bond acceptors (Lipinski definition) is 5. The van der Waals surface area contributed by atoms with Crippen LogP contribution >= 0.6 is 11.6 Å². The summed E-state index contributed by atoms with van der Waals surface area (Å²) in [6, 6.07) is 1.20. The van der Waals surface area contributed by atoms with E-state index in [0.717, 1.165) is 7.11 Å². The Morgan fingerprint density at radius 2 is 2.21 bits per heavy atom. The van der Waals surface area contributed by atoms with Crippen LogP contribution in [0.25, 0.3) is 0 Å². The van der Waals surface area contributed by atoms with Gasteiger partial charge in [-0.15, -0.1) is 0 Å². The quantitative estimate of drug-likeness (QED) is 0.842. The molecule has 0 bridgehead atoms. The van der Waals surface area contributed by atoms with Crippen LogP contribution in [0.15, 0.2) is 6.07 Å². The van der Waals surface area contributed by atoms with E-state index in [1.807, 2.05) is 0 Å². The van der Waals surface area contributed by atoms with Crippen LogP contribution in [0.3, 0.4) is 0 Å². The molecule has 0 aliphatic carbocycles. The lowest BCUT2D eigenvalue weighted by molar-refractivity contribution is -0.150. The van der Waals surface area contributed by atoms with E-state index in [1.54, 1.807) is 0 Å². The fraction of sp³-hybridized carbons (Fsp3) is 0.417. The molecule has 0 radical (unpaired) electrons. The average molecular weight is 291 g/mol. The van der Waals surface area contributed by atoms with E-state index in [2.05, 4.69) is 4.74 Å². The highest BCUT2D eigenvalue weighted by Gasteiger charge is 2.28. The molecule has 19 heavy (non-hydrogen) atoms. The van der Waals surface area contributed by atoms with Gasteiger partial charge >= 0.3 is 5.97 Å². The molecule has 1 unspecified atom stereocenters. The molecular weight excluding hydrogens is 279 g/mol. The molecule has 7 heteroatoms. The largest absolute Gasteiger partial charge is 0.489 e. The van der Waals surface area contributed by atoms with Crippen molar-refractivity contribution in [2.45, 2.75) is 12.5 Å². The molecule has 2 rings (SSSR count). The molecule has 0 spiro atoms. The molecule has 1 aliphatic heterocycles. The number of aliphatic hydroxyl groups is 1. The Morgan fingerprint density at radius 1 is 1.53 bits per heavy atom. The van der Waals surface area contributed by atoms with Gasteiger partial charge in [0.05, 0.1) is 20.3 Å². The van der Waals surface area contributed by atoms with Gasteiger partial charge in [0, 0.05) is 12.0 Å². The van der Waals surface area contributed by atoms with Crippen LogP contribution in [-0.2, 0) is 9.53 Å². The number of ether oxygens (including phenoxy) is 3. The van der Waals surface area contributed by atoms with Crippen molar-refractivity contribution in [3.8, 4) is 11.5 Å². The number of halogens is 2. The number of carbonyl (C=O) groups excluding carboxylic acids is 1. The van der Waals surface area contributed by atoms with Crippen molar-refractivity contribution in [3.63, 3.8) is 0 Å². The van der Waals surface area contributed by atoms with Crippen LogP contribution in [0.2, 0.25) is 5.02 Å². The first-order valence-electron chi connectivity index (χ1n) is 5.59. The maximum absolute atomic E-state index is 14.0. The predicted molar refractivity (Wildman–Crippen MR) is 64.0 cm³/mol. The predicted octanol–water partition coefficient (Wildman–Crippen LogP) is 1.85. The molecule has 1 atom stereocenters. The van der Waals surface area contributed by atoms with Gasteiger partial charge in [-0.3, -0.25) is 0 Å². The van der Waals surface area contributed by atoms with Gasteiger partial charge in [0.25, 0.3) is 0 Å². The second kappa shape index (κ2) is 5.63. The van der Waals surface area contributed by atoms with Gasteiger partial charge in [0.2, 0.25) is 0 Å². The zero-order chi connectivity index (χ0) is 14.0. The fourth-order valence-electron chi connectivity index (χ4n) is 1.70. The molecule has 0 fully saturated rings. The van der Waals surface area contributed by atoms with Gasteiger partial charge in [-0.1, -0.05) is 11.6 Å². The monoisotopic (exact) mass is 290 g/mol. The van der Waals surface area contributed by atoms with Crippen molar-refractivity contribution in [1.82, 2.24) is 0 Å². The Bertz CT molecular complexity index is 505. The number of aliphatic hydroxyl groups excluding tert-OH is 1. The molecule has 0 saturated carbocycles. The summed E-state index contributed by atoms with van der Waals surface area (Å²) in [4.78, 5) is 11.3. The number of esters is 1. The smallest absolute Gasteiger partial charge is 0.339 e. The molecular formula is C12H12ClFO5. The van der Waals surface area contributed by atoms with E-state index in [9.17, 15) is 14.3 Å². The summed E-state index contributed by atoms with van der Waals surface area (Å²) in [6.45, 7) is 0.730. The van der Waals surface area contributed by atoms with Crippen molar-refractivity contribution >= 4 is 17.6 Å². The zero-order valence-corrected chi connectivity index (χ0v) is 10.9. The molecule has 1 aliphatic rings. The molecule has 1 N–H and O–H groups in total. The van der Waals surface area contributed by atoms with Crippen molar-refractivity contribution in [2.75, 3.05) is 20.3 Å². The fourth-order valence-corrected chi connectivity index (χ4v) is 1.96. The number of rotatable bonds is 2. The first-order valence-corrected chi connectivity index (χ1v) is 5.97. The van der Waals surface area contributed by atoms with E-state index < -0.39 is 17.9 Å². The van der Waals surface area contributed by atoms with Crippen molar-refractivity contribution in [2.24, 2.45) is 0 Å². The molecule has 0 aromatic heterocycles. The summed E-state index contributed by atoms with van der Waals surface area (Å²) >= 11 is 5.84. The van der Waals surface area contributed by atoms with Crippen LogP contribution < -0.4 is 9.47 Å². The van der Waals surface area contributed by atoms with E-state index in [-0.39, 0.29) is 22.1 Å². The molecule has 1 aromatic carbocycles. The highest BCUT2D eigenvalue weighted by Crippen LogP contribution is 2.41. The standard InChI is InChI=1S/C12H12ClFO5/c1-17-12(16)10(15)6-5-7-11(8(13)9(6)14)19-4-2-3-18-7/h5,10,15H,2-4H2,1H3. The van der Waals surface area contributed by atoms with Crippen LogP contribution in [0.5, 0.6) is 11.5 Å². The van der Waals surface area contributed by atoms with Gasteiger partial charge in [-0.2, -0.15) is 0 Å². The average Bonchev–Trinajstić information content (AvgIpc) is 2.66. The van der Waals surface area contributed by atoms with Gasteiger partial charge in [-0.25, -0.2) is 9.18 Å². The van der Waals surface area contributed by atoms with Crippen molar-refractivity contribution in [3.05, 3.63) is 22.5 Å². The zero-order valence-electron chi connectivity index (χ0n) is 10.1. The topological polar surface area (TPSA) is 65.0 Å². The van der Waals surface area contributed by atoms with Crippen molar-refractivity contribution < 1.29 is 28.5 Å². The number of fused-ring (bicyclic) bond motifs is 1. The number of methoxy groups -OCH3 is 1. The van der Waals surface area contributed by atoms with E-state index in [1.165, 1.54) is 6.07 Å². The normalized spacial score (nSPS) is 15.6. The number of carbonyl (C=O) groups is 1. The molecule has 104 valence electrons. The van der Waals surface area contributed by atoms with Crippen LogP contribution in [-0.4, -0.2) is 31.4 Å². The summed E-state index contributed by atoms with van der Waals surface area (Å²) in [5, 5.41) is 9.37. The van der Waals surface area contributed by atoms with Crippen LogP contribution in [0.4, 0.5) is 4.39 Å². The first kappa shape index (κ1) is 13.9. The summed E-state index contributed by atoms with van der Waals surface area (Å²) < 4.78 is 29.0. The first-order chi connectivity index (χ1) is 9.06. The number of hydrogen-bond donors (Lipinski definition) is 1. The summed E-state index contributed by atoms with van der Waals surface area (Å²) in [7, 11) is 1.09. The number of benzene rings is 1. The van der Waals surface area contributed by atoms with Crippen LogP contribution in [0, 0.1) is 5.82 Å². The molecule has 1 heterocycles. The van der Waals surface area contributed by atoms with E-state index in [4.69, 9.17) is 21.1 Å². The molecule has 0 saturated heterocycles. The molecule has 5 nitrogen and oxygen atoms in total. The highest BCUT2D eigenvalue weighted by atomic mass is 35.5. The maximum Gasteiger partial charge on any atom is 0.339 e. The van der Waals surface area contributed by atoms with Gasteiger partial charge in [0.1, 0.15) is 5.02 Å². The third kappa shape index (κ3) is 2.59. The van der Waals surface area contributed by atoms with E-state index in [0.29, 0.717) is 19.6 Å². The Labute approximate surface area is 113 Å². The lowest BCUT2D eigenvalue weighted by Crippen LogP contribution is -2.15. The van der Waals surface area contributed by atoms with Crippen LogP contribution in [0.1, 0.15) is 18.1 Å². The lowest BCUT2D eigenvalue weighted by Gasteiger charge is -2.15. The Hall–Kier alpha value is -1.53. The van der Waals surface area contributed by atoms with Gasteiger partial charge in [0.15, 0.2) is 23.4 Å². The SMILES string of the molecule is COC(=O)C(O)c1cc2c(c(Cl)c1F)OCCCO2. The highest BCUT2D eigenvalue weighted by molar-refractivity contribution is 6.32. The summed E-state index contributed by atoms with van der Waals surface area (Å²) in [5.41, 5.74) is -0.305. The minimum absolute atomic E-state index is 0.0810. The van der Waals surface area contributed by atoms with E-state index >= 15 is 0 Å². The van der Waals surface area contributed by atoms with Crippen molar-refractivity contribution in [1.29, 1.82) is 0 Å². The summed E-state index contributed by atoms with van der Waals surface area (Å²) in [5.74, 6) is -1.63.